The van der Waals surface area contributed by atoms with Gasteiger partial charge in [-0.2, -0.15) is 10.2 Å². The zero-order valence-corrected chi connectivity index (χ0v) is 11.0. The van der Waals surface area contributed by atoms with Gasteiger partial charge in [0, 0.05) is 12.4 Å². The van der Waals surface area contributed by atoms with Crippen LogP contribution in [0.1, 0.15) is 24.5 Å². The van der Waals surface area contributed by atoms with E-state index in [2.05, 4.69) is 27.3 Å². The number of hydrogen-bond donors (Lipinski definition) is 1. The van der Waals surface area contributed by atoms with E-state index in [4.69, 9.17) is 5.73 Å². The zero-order valence-electron chi connectivity index (χ0n) is 11.0. The molecule has 98 valence electrons. The van der Waals surface area contributed by atoms with Crippen LogP contribution in [0.25, 0.3) is 10.9 Å². The number of benzene rings is 1. The third kappa shape index (κ3) is 2.10. The molecule has 3 aromatic rings. The number of rotatable bonds is 3. The van der Waals surface area contributed by atoms with Gasteiger partial charge in [-0.25, -0.2) is 9.67 Å². The highest BCUT2D eigenvalue weighted by Crippen LogP contribution is 2.18. The van der Waals surface area contributed by atoms with Crippen LogP contribution in [0, 0.1) is 0 Å². The first-order valence-corrected chi connectivity index (χ1v) is 6.20. The predicted molar refractivity (Wildman–Crippen MR) is 72.4 cm³/mol. The fourth-order valence-electron chi connectivity index (χ4n) is 2.15. The van der Waals surface area contributed by atoms with Crippen LogP contribution in [-0.2, 0) is 13.6 Å². The molecule has 3 rings (SSSR count). The van der Waals surface area contributed by atoms with Crippen molar-refractivity contribution in [1.82, 2.24) is 24.5 Å². The molecule has 6 heteroatoms. The van der Waals surface area contributed by atoms with Crippen molar-refractivity contribution in [3.05, 3.63) is 42.1 Å². The number of nitrogens with zero attached hydrogens (tertiary/aromatic N) is 5. The van der Waals surface area contributed by atoms with Crippen LogP contribution in [0.3, 0.4) is 0 Å². The van der Waals surface area contributed by atoms with Gasteiger partial charge in [-0.05, 0) is 13.0 Å². The summed E-state index contributed by atoms with van der Waals surface area (Å²) in [5.74, 6) is 0.653. The van der Waals surface area contributed by atoms with Crippen molar-refractivity contribution in [1.29, 1.82) is 0 Å². The molecule has 0 fully saturated rings. The minimum Gasteiger partial charge on any atom is -0.321 e. The molecule has 0 amide bonds. The van der Waals surface area contributed by atoms with E-state index in [9.17, 15) is 0 Å². The average Bonchev–Trinajstić information content (AvgIpc) is 2.97. The molecule has 2 heterocycles. The molecule has 19 heavy (non-hydrogen) atoms. The Hall–Kier alpha value is -2.21. The van der Waals surface area contributed by atoms with Crippen molar-refractivity contribution in [3.8, 4) is 0 Å². The number of aromatic nitrogens is 5. The van der Waals surface area contributed by atoms with Crippen LogP contribution in [0.5, 0.6) is 0 Å². The van der Waals surface area contributed by atoms with Crippen molar-refractivity contribution in [2.45, 2.75) is 19.5 Å². The van der Waals surface area contributed by atoms with E-state index in [0.717, 1.165) is 16.6 Å². The zero-order chi connectivity index (χ0) is 13.4. The van der Waals surface area contributed by atoms with Crippen molar-refractivity contribution in [3.63, 3.8) is 0 Å². The van der Waals surface area contributed by atoms with E-state index in [1.54, 1.807) is 11.0 Å². The van der Waals surface area contributed by atoms with Crippen molar-refractivity contribution >= 4 is 10.9 Å². The SMILES string of the molecule is CC(N)c1ncn(Cc2nn(C)c3ccccc23)n1. The molecule has 0 radical (unpaired) electrons. The summed E-state index contributed by atoms with van der Waals surface area (Å²) < 4.78 is 3.65. The maximum atomic E-state index is 5.76. The van der Waals surface area contributed by atoms with Gasteiger partial charge >= 0.3 is 0 Å². The van der Waals surface area contributed by atoms with Crippen molar-refractivity contribution < 1.29 is 0 Å². The molecule has 0 saturated carbocycles. The molecule has 1 atom stereocenters. The van der Waals surface area contributed by atoms with Gasteiger partial charge in [0.25, 0.3) is 0 Å². The lowest BCUT2D eigenvalue weighted by atomic mass is 10.2. The second kappa shape index (κ2) is 4.47. The summed E-state index contributed by atoms with van der Waals surface area (Å²) in [5.41, 5.74) is 7.86. The molecule has 2 aromatic heterocycles. The van der Waals surface area contributed by atoms with Gasteiger partial charge < -0.3 is 5.73 Å². The first kappa shape index (κ1) is 11.9. The van der Waals surface area contributed by atoms with Crippen molar-refractivity contribution in [2.75, 3.05) is 0 Å². The normalized spacial score (nSPS) is 13.0. The highest BCUT2D eigenvalue weighted by atomic mass is 15.3. The van der Waals surface area contributed by atoms with E-state index < -0.39 is 0 Å². The van der Waals surface area contributed by atoms with Crippen LogP contribution in [-0.4, -0.2) is 24.5 Å². The third-order valence-electron chi connectivity index (χ3n) is 3.11. The number of aryl methyl sites for hydroxylation is 1. The summed E-state index contributed by atoms with van der Waals surface area (Å²) in [6.07, 6.45) is 1.70. The average molecular weight is 256 g/mol. The molecular weight excluding hydrogens is 240 g/mol. The van der Waals surface area contributed by atoms with E-state index in [1.165, 1.54) is 0 Å². The monoisotopic (exact) mass is 256 g/mol. The Morgan fingerprint density at radius 3 is 2.79 bits per heavy atom. The Labute approximate surface area is 110 Å². The molecule has 0 saturated heterocycles. The summed E-state index contributed by atoms with van der Waals surface area (Å²) in [6.45, 7) is 2.47. The molecule has 0 aliphatic rings. The lowest BCUT2D eigenvalue weighted by molar-refractivity contribution is 0.631. The second-order valence-electron chi connectivity index (χ2n) is 4.68. The fourth-order valence-corrected chi connectivity index (χ4v) is 2.15. The molecule has 6 nitrogen and oxygen atoms in total. The second-order valence-corrected chi connectivity index (χ2v) is 4.68. The Morgan fingerprint density at radius 2 is 2.05 bits per heavy atom. The molecule has 0 aliphatic carbocycles. The molecule has 1 aromatic carbocycles. The fraction of sp³-hybridized carbons (Fsp3) is 0.308. The van der Waals surface area contributed by atoms with Gasteiger partial charge in [0.1, 0.15) is 6.33 Å². The highest BCUT2D eigenvalue weighted by Gasteiger charge is 2.10. The molecule has 2 N–H and O–H groups in total. The van der Waals surface area contributed by atoms with Crippen LogP contribution >= 0.6 is 0 Å². The number of nitrogens with two attached hydrogens (primary N) is 1. The topological polar surface area (TPSA) is 74.5 Å². The molecule has 1 unspecified atom stereocenters. The smallest absolute Gasteiger partial charge is 0.166 e. The molecule has 0 bridgehead atoms. The van der Waals surface area contributed by atoms with Crippen LogP contribution in [0.15, 0.2) is 30.6 Å². The molecular formula is C13H16N6. The third-order valence-corrected chi connectivity index (χ3v) is 3.11. The standard InChI is InChI=1S/C13H16N6/c1-9(14)13-15-8-19(17-13)7-11-10-5-3-4-6-12(10)18(2)16-11/h3-6,8-9H,7,14H2,1-2H3. The summed E-state index contributed by atoms with van der Waals surface area (Å²) in [4.78, 5) is 4.19. The minimum absolute atomic E-state index is 0.151. The van der Waals surface area contributed by atoms with E-state index >= 15 is 0 Å². The lowest BCUT2D eigenvalue weighted by Crippen LogP contribution is -2.09. The molecule has 0 spiro atoms. The Kier molecular flexibility index (Phi) is 2.79. The Bertz CT molecular complexity index is 709. The highest BCUT2D eigenvalue weighted by molar-refractivity contribution is 5.81. The van der Waals surface area contributed by atoms with Gasteiger partial charge in [0.2, 0.25) is 0 Å². The first-order chi connectivity index (χ1) is 9.15. The number of hydrogen-bond acceptors (Lipinski definition) is 4. The van der Waals surface area contributed by atoms with Gasteiger partial charge in [-0.15, -0.1) is 0 Å². The summed E-state index contributed by atoms with van der Waals surface area (Å²) in [6, 6.07) is 8.00. The maximum absolute atomic E-state index is 5.76. The first-order valence-electron chi connectivity index (χ1n) is 6.20. The minimum atomic E-state index is -0.151. The largest absolute Gasteiger partial charge is 0.321 e. The summed E-state index contributed by atoms with van der Waals surface area (Å²) in [7, 11) is 1.94. The predicted octanol–water partition coefficient (Wildman–Crippen LogP) is 1.23. The van der Waals surface area contributed by atoms with Crippen molar-refractivity contribution in [2.24, 2.45) is 12.8 Å². The molecule has 0 aliphatic heterocycles. The number of para-hydroxylation sites is 1. The number of fused-ring (bicyclic) bond motifs is 1. The van der Waals surface area contributed by atoms with Crippen LogP contribution in [0.4, 0.5) is 0 Å². The van der Waals surface area contributed by atoms with Gasteiger partial charge in [-0.1, -0.05) is 18.2 Å². The van der Waals surface area contributed by atoms with Gasteiger partial charge in [-0.3, -0.25) is 4.68 Å². The Morgan fingerprint density at radius 1 is 1.26 bits per heavy atom. The van der Waals surface area contributed by atoms with Gasteiger partial charge in [0.05, 0.1) is 23.8 Å². The quantitative estimate of drug-likeness (QED) is 0.765. The van der Waals surface area contributed by atoms with E-state index in [0.29, 0.717) is 12.4 Å². The van der Waals surface area contributed by atoms with E-state index in [-0.39, 0.29) is 6.04 Å². The van der Waals surface area contributed by atoms with Crippen LogP contribution in [0.2, 0.25) is 0 Å². The van der Waals surface area contributed by atoms with Crippen LogP contribution < -0.4 is 5.73 Å². The Balaban J connectivity index is 1.96. The summed E-state index contributed by atoms with van der Waals surface area (Å²) >= 11 is 0. The van der Waals surface area contributed by atoms with E-state index in [1.807, 2.05) is 30.8 Å². The summed E-state index contributed by atoms with van der Waals surface area (Å²) in [5, 5.41) is 10.0. The lowest BCUT2D eigenvalue weighted by Gasteiger charge is -1.99. The maximum Gasteiger partial charge on any atom is 0.166 e. The van der Waals surface area contributed by atoms with Gasteiger partial charge in [0.15, 0.2) is 5.82 Å².